The molecule has 0 saturated carbocycles. The Hall–Kier alpha value is -1.14. The molecule has 1 aromatic carbocycles. The lowest BCUT2D eigenvalue weighted by molar-refractivity contribution is -0.140. The van der Waals surface area contributed by atoms with Gasteiger partial charge in [0.25, 0.3) is 0 Å². The fourth-order valence-electron chi connectivity index (χ4n) is 3.44. The van der Waals surface area contributed by atoms with Crippen LogP contribution >= 0.6 is 0 Å². The van der Waals surface area contributed by atoms with E-state index in [-0.39, 0.29) is 18.6 Å². The third kappa shape index (κ3) is 3.06. The SMILES string of the molecule is OC1(Cc2ccc(F)c(C(F)(F)F)c2)CC2CCC(C1)O2. The smallest absolute Gasteiger partial charge is 0.389 e. The predicted molar refractivity (Wildman–Crippen MR) is 67.2 cm³/mol. The molecule has 3 rings (SSSR count). The fourth-order valence-corrected chi connectivity index (χ4v) is 3.44. The van der Waals surface area contributed by atoms with Crippen LogP contribution in [0, 0.1) is 5.82 Å². The van der Waals surface area contributed by atoms with Crippen LogP contribution in [0.4, 0.5) is 17.6 Å². The molecule has 21 heavy (non-hydrogen) atoms. The van der Waals surface area contributed by atoms with Gasteiger partial charge in [0.2, 0.25) is 0 Å². The van der Waals surface area contributed by atoms with Gasteiger partial charge in [-0.25, -0.2) is 4.39 Å². The summed E-state index contributed by atoms with van der Waals surface area (Å²) in [4.78, 5) is 0. The summed E-state index contributed by atoms with van der Waals surface area (Å²) >= 11 is 0. The Balaban J connectivity index is 1.82. The summed E-state index contributed by atoms with van der Waals surface area (Å²) in [5.41, 5.74) is -2.05. The van der Waals surface area contributed by atoms with Crippen molar-refractivity contribution < 1.29 is 27.4 Å². The van der Waals surface area contributed by atoms with Crippen LogP contribution < -0.4 is 0 Å². The maximum absolute atomic E-state index is 13.3. The van der Waals surface area contributed by atoms with Crippen LogP contribution in [0.25, 0.3) is 0 Å². The number of fused-ring (bicyclic) bond motifs is 2. The first-order valence-corrected chi connectivity index (χ1v) is 6.99. The zero-order chi connectivity index (χ0) is 15.3. The highest BCUT2D eigenvalue weighted by Gasteiger charge is 2.44. The summed E-state index contributed by atoms with van der Waals surface area (Å²) in [6.45, 7) is 0. The number of halogens is 4. The van der Waals surface area contributed by atoms with Crippen LogP contribution in [0.2, 0.25) is 0 Å². The Bertz CT molecular complexity index is 529. The molecule has 2 saturated heterocycles. The van der Waals surface area contributed by atoms with Gasteiger partial charge in [-0.1, -0.05) is 6.07 Å². The van der Waals surface area contributed by atoms with E-state index in [9.17, 15) is 22.7 Å². The summed E-state index contributed by atoms with van der Waals surface area (Å²) in [5.74, 6) is -1.29. The highest BCUT2D eigenvalue weighted by molar-refractivity contribution is 5.28. The summed E-state index contributed by atoms with van der Waals surface area (Å²) in [6.07, 6.45) is -2.07. The molecule has 2 atom stereocenters. The molecule has 1 aromatic rings. The topological polar surface area (TPSA) is 29.5 Å². The number of hydrogen-bond acceptors (Lipinski definition) is 2. The van der Waals surface area contributed by atoms with E-state index in [1.807, 2.05) is 0 Å². The Morgan fingerprint density at radius 2 is 1.81 bits per heavy atom. The van der Waals surface area contributed by atoms with Crippen molar-refractivity contribution in [3.63, 3.8) is 0 Å². The molecule has 2 fully saturated rings. The van der Waals surface area contributed by atoms with E-state index in [0.29, 0.717) is 18.4 Å². The van der Waals surface area contributed by atoms with Crippen molar-refractivity contribution in [1.29, 1.82) is 0 Å². The molecule has 0 aromatic heterocycles. The minimum atomic E-state index is -4.72. The Labute approximate surface area is 119 Å². The van der Waals surface area contributed by atoms with E-state index in [2.05, 4.69) is 0 Å². The summed E-state index contributed by atoms with van der Waals surface area (Å²) < 4.78 is 57.0. The molecule has 2 aliphatic heterocycles. The molecular weight excluding hydrogens is 288 g/mol. The van der Waals surface area contributed by atoms with Gasteiger partial charge in [-0.3, -0.25) is 0 Å². The zero-order valence-corrected chi connectivity index (χ0v) is 11.3. The van der Waals surface area contributed by atoms with Gasteiger partial charge < -0.3 is 9.84 Å². The molecule has 0 aliphatic carbocycles. The van der Waals surface area contributed by atoms with Crippen LogP contribution in [0.1, 0.15) is 36.8 Å². The van der Waals surface area contributed by atoms with E-state index >= 15 is 0 Å². The molecule has 2 heterocycles. The van der Waals surface area contributed by atoms with Crippen molar-refractivity contribution in [2.75, 3.05) is 0 Å². The maximum atomic E-state index is 13.3. The number of hydrogen-bond donors (Lipinski definition) is 1. The van der Waals surface area contributed by atoms with Crippen molar-refractivity contribution in [3.05, 3.63) is 35.1 Å². The number of rotatable bonds is 2. The van der Waals surface area contributed by atoms with E-state index in [1.54, 1.807) is 0 Å². The second kappa shape index (κ2) is 4.95. The number of alkyl halides is 3. The van der Waals surface area contributed by atoms with Gasteiger partial charge in [-0.05, 0) is 30.5 Å². The quantitative estimate of drug-likeness (QED) is 0.848. The molecule has 2 bridgehead atoms. The van der Waals surface area contributed by atoms with Gasteiger partial charge in [-0.15, -0.1) is 0 Å². The third-order valence-corrected chi connectivity index (χ3v) is 4.28. The molecule has 0 amide bonds. The van der Waals surface area contributed by atoms with E-state index in [4.69, 9.17) is 4.74 Å². The van der Waals surface area contributed by atoms with Crippen molar-refractivity contribution in [1.82, 2.24) is 0 Å². The second-order valence-electron chi connectivity index (χ2n) is 6.08. The Morgan fingerprint density at radius 3 is 2.38 bits per heavy atom. The molecule has 2 aliphatic rings. The normalized spacial score (nSPS) is 32.4. The van der Waals surface area contributed by atoms with Gasteiger partial charge in [0.05, 0.1) is 23.4 Å². The molecular formula is C15H16F4O2. The predicted octanol–water partition coefficient (Wildman–Crippen LogP) is 3.46. The minimum Gasteiger partial charge on any atom is -0.389 e. The second-order valence-corrected chi connectivity index (χ2v) is 6.08. The zero-order valence-electron chi connectivity index (χ0n) is 11.3. The maximum Gasteiger partial charge on any atom is 0.419 e. The monoisotopic (exact) mass is 304 g/mol. The van der Waals surface area contributed by atoms with Crippen molar-refractivity contribution >= 4 is 0 Å². The number of benzene rings is 1. The van der Waals surface area contributed by atoms with Crippen LogP contribution in [0.15, 0.2) is 18.2 Å². The lowest BCUT2D eigenvalue weighted by Crippen LogP contribution is -2.42. The first-order chi connectivity index (χ1) is 9.75. The van der Waals surface area contributed by atoms with Gasteiger partial charge >= 0.3 is 6.18 Å². The minimum absolute atomic E-state index is 0.0173. The highest BCUT2D eigenvalue weighted by Crippen LogP contribution is 2.40. The van der Waals surface area contributed by atoms with E-state index in [0.717, 1.165) is 25.0 Å². The summed E-state index contributed by atoms with van der Waals surface area (Å²) in [7, 11) is 0. The Kier molecular flexibility index (Phi) is 3.48. The molecule has 2 unspecified atom stereocenters. The van der Waals surface area contributed by atoms with Gasteiger partial charge in [0.1, 0.15) is 5.82 Å². The van der Waals surface area contributed by atoms with E-state index < -0.39 is 23.2 Å². The molecule has 1 N–H and O–H groups in total. The van der Waals surface area contributed by atoms with Crippen LogP contribution in [0.3, 0.4) is 0 Å². The Morgan fingerprint density at radius 1 is 1.19 bits per heavy atom. The van der Waals surface area contributed by atoms with Gasteiger partial charge in [0, 0.05) is 19.3 Å². The standard InChI is InChI=1S/C15H16F4O2/c16-13-4-1-9(5-12(13)15(17,18)19)6-14(20)7-10-2-3-11(8-14)21-10/h1,4-5,10-11,20H,2-3,6-8H2. The summed E-state index contributed by atoms with van der Waals surface area (Å²) in [5, 5.41) is 10.6. The summed E-state index contributed by atoms with van der Waals surface area (Å²) in [6, 6.07) is 2.92. The molecule has 2 nitrogen and oxygen atoms in total. The van der Waals surface area contributed by atoms with Gasteiger partial charge in [0.15, 0.2) is 0 Å². The van der Waals surface area contributed by atoms with Crippen molar-refractivity contribution in [2.24, 2.45) is 0 Å². The lowest BCUT2D eigenvalue weighted by atomic mass is 9.84. The average Bonchev–Trinajstić information content (AvgIpc) is 2.70. The third-order valence-electron chi connectivity index (χ3n) is 4.28. The van der Waals surface area contributed by atoms with Crippen LogP contribution in [-0.2, 0) is 17.3 Å². The number of ether oxygens (including phenoxy) is 1. The molecule has 116 valence electrons. The first kappa shape index (κ1) is 14.8. The average molecular weight is 304 g/mol. The fraction of sp³-hybridized carbons (Fsp3) is 0.600. The molecule has 0 spiro atoms. The first-order valence-electron chi connectivity index (χ1n) is 6.99. The van der Waals surface area contributed by atoms with Crippen molar-refractivity contribution in [2.45, 2.75) is 56.1 Å². The van der Waals surface area contributed by atoms with Crippen molar-refractivity contribution in [3.8, 4) is 0 Å². The largest absolute Gasteiger partial charge is 0.419 e. The highest BCUT2D eigenvalue weighted by atomic mass is 19.4. The van der Waals surface area contributed by atoms with Gasteiger partial charge in [-0.2, -0.15) is 13.2 Å². The molecule has 0 radical (unpaired) electrons. The van der Waals surface area contributed by atoms with Crippen LogP contribution in [0.5, 0.6) is 0 Å². The number of aliphatic hydroxyl groups is 1. The van der Waals surface area contributed by atoms with Crippen LogP contribution in [-0.4, -0.2) is 22.9 Å². The lowest BCUT2D eigenvalue weighted by Gasteiger charge is -2.36. The van der Waals surface area contributed by atoms with E-state index in [1.165, 1.54) is 6.07 Å². The molecule has 6 heteroatoms.